The summed E-state index contributed by atoms with van der Waals surface area (Å²) in [4.78, 5) is 17.1. The van der Waals surface area contributed by atoms with E-state index in [2.05, 4.69) is 101 Å². The van der Waals surface area contributed by atoms with E-state index in [0.29, 0.717) is 11.6 Å². The molecule has 1 N–H and O–H groups in total. The molecule has 6 heteroatoms. The number of allylic oxidation sites excluding steroid dienone is 2. The number of benzene rings is 3. The van der Waals surface area contributed by atoms with E-state index in [0.717, 1.165) is 59.7 Å². The molecule has 0 aliphatic rings. The summed E-state index contributed by atoms with van der Waals surface area (Å²) in [6.07, 6.45) is 7.58. The molecular formula is C48H58IrNO3S-. The van der Waals surface area contributed by atoms with E-state index in [1.807, 2.05) is 58.9 Å². The number of hydrogen-bond donors (Lipinski definition) is 1. The van der Waals surface area contributed by atoms with E-state index in [9.17, 15) is 9.90 Å². The Labute approximate surface area is 340 Å². The zero-order valence-corrected chi connectivity index (χ0v) is 37.3. The van der Waals surface area contributed by atoms with Crippen molar-refractivity contribution in [2.75, 3.05) is 0 Å². The van der Waals surface area contributed by atoms with Gasteiger partial charge in [0, 0.05) is 58.2 Å². The zero-order valence-electron chi connectivity index (χ0n) is 34.1. The number of carbonyl (C=O) groups is 1. The van der Waals surface area contributed by atoms with E-state index in [-0.39, 0.29) is 47.9 Å². The van der Waals surface area contributed by atoms with Crippen molar-refractivity contribution >= 4 is 49.1 Å². The van der Waals surface area contributed by atoms with Crippen molar-refractivity contribution in [1.82, 2.24) is 4.98 Å². The van der Waals surface area contributed by atoms with Gasteiger partial charge in [-0.1, -0.05) is 124 Å². The SMILES string of the molecule is CC(C)Cc1ccc(-c2cc(-c3[c-]c4ccccc4c(C(C)(C)C)c3)nc3occc23)c2ccsc12.CCC(C)(CC)C(=O)/C=C(\O)C(C)(CC)CC.[Ir]. The molecule has 3 aromatic carbocycles. The summed E-state index contributed by atoms with van der Waals surface area (Å²) in [6.45, 7) is 23.4. The van der Waals surface area contributed by atoms with Crippen molar-refractivity contribution in [3.63, 3.8) is 0 Å². The maximum absolute atomic E-state index is 12.2. The number of nitrogens with zero attached hydrogens (tertiary/aromatic N) is 1. The molecule has 54 heavy (non-hydrogen) atoms. The summed E-state index contributed by atoms with van der Waals surface area (Å²) in [7, 11) is 0. The molecule has 0 fully saturated rings. The first-order valence-electron chi connectivity index (χ1n) is 19.4. The molecule has 0 saturated carbocycles. The number of carbonyl (C=O) groups excluding carboxylic acids is 1. The summed E-state index contributed by atoms with van der Waals surface area (Å²) in [5.41, 5.74) is 7.05. The molecule has 0 unspecified atom stereocenters. The summed E-state index contributed by atoms with van der Waals surface area (Å²) >= 11 is 1.83. The molecule has 3 aromatic heterocycles. The van der Waals surface area contributed by atoms with Crippen LogP contribution in [0.15, 0.2) is 88.6 Å². The van der Waals surface area contributed by atoms with Gasteiger partial charge in [-0.05, 0) is 77.6 Å². The van der Waals surface area contributed by atoms with Crippen LogP contribution >= 0.6 is 11.3 Å². The number of aromatic nitrogens is 1. The van der Waals surface area contributed by atoms with Crippen LogP contribution < -0.4 is 0 Å². The van der Waals surface area contributed by atoms with E-state index < -0.39 is 0 Å². The topological polar surface area (TPSA) is 63.3 Å². The first kappa shape index (κ1) is 43.2. The van der Waals surface area contributed by atoms with Crippen molar-refractivity contribution in [2.24, 2.45) is 16.7 Å². The Balaban J connectivity index is 0.000000309. The molecule has 0 amide bonds. The van der Waals surface area contributed by atoms with Crippen molar-refractivity contribution < 1.29 is 34.4 Å². The third-order valence-corrected chi connectivity index (χ3v) is 12.5. The summed E-state index contributed by atoms with van der Waals surface area (Å²) in [5, 5.41) is 17.0. The van der Waals surface area contributed by atoms with Gasteiger partial charge in [0.2, 0.25) is 5.71 Å². The van der Waals surface area contributed by atoms with Crippen molar-refractivity contribution in [3.8, 4) is 22.4 Å². The summed E-state index contributed by atoms with van der Waals surface area (Å²) in [6, 6.07) is 25.5. The minimum atomic E-state index is -0.337. The number of fused-ring (bicyclic) bond motifs is 3. The van der Waals surface area contributed by atoms with Gasteiger partial charge < -0.3 is 9.52 Å². The zero-order chi connectivity index (χ0) is 38.7. The number of pyridine rings is 1. The summed E-state index contributed by atoms with van der Waals surface area (Å²) < 4.78 is 7.25. The maximum Gasteiger partial charge on any atom is 0.219 e. The average Bonchev–Trinajstić information content (AvgIpc) is 3.84. The fourth-order valence-corrected chi connectivity index (χ4v) is 7.88. The van der Waals surface area contributed by atoms with Crippen molar-refractivity contribution in [2.45, 2.75) is 114 Å². The Kier molecular flexibility index (Phi) is 14.0. The quantitative estimate of drug-likeness (QED) is 0.0799. The largest absolute Gasteiger partial charge is 0.512 e. The van der Waals surface area contributed by atoms with Crippen molar-refractivity contribution in [1.29, 1.82) is 0 Å². The van der Waals surface area contributed by atoms with E-state index >= 15 is 0 Å². The van der Waals surface area contributed by atoms with E-state index in [1.54, 1.807) is 6.26 Å². The standard InChI is InChI=1S/C33H30NOS.C15H28O2.Ir/c1-20(2)16-22-10-11-25(26-13-15-36-31(22)26)28-19-30(34-32-27(28)12-14-35-32)23-17-21-8-6-7-9-24(21)29(18-23)33(3,4)5;1-7-14(5,8-2)12(16)11-13(17)15(6,9-3)10-4;/h6-15,18-20H,16H2,1-5H3;11,16H,7-10H2,1-6H3;/q-1;;/b;12-11-;. The van der Waals surface area contributed by atoms with Gasteiger partial charge in [0.25, 0.3) is 0 Å². The molecule has 3 heterocycles. The van der Waals surface area contributed by atoms with E-state index in [4.69, 9.17) is 9.40 Å². The number of aliphatic hydroxyl groups is 1. The molecule has 289 valence electrons. The van der Waals surface area contributed by atoms with Crippen LogP contribution in [-0.4, -0.2) is 15.9 Å². The van der Waals surface area contributed by atoms with Crippen LogP contribution in [0.25, 0.3) is 54.3 Å². The Morgan fingerprint density at radius 2 is 1.52 bits per heavy atom. The van der Waals surface area contributed by atoms with Gasteiger partial charge >= 0.3 is 0 Å². The molecule has 0 aliphatic heterocycles. The minimum Gasteiger partial charge on any atom is -0.512 e. The monoisotopic (exact) mass is 921 g/mol. The van der Waals surface area contributed by atoms with Crippen LogP contribution in [0, 0.1) is 22.8 Å². The molecule has 0 bridgehead atoms. The smallest absolute Gasteiger partial charge is 0.219 e. The van der Waals surface area contributed by atoms with Gasteiger partial charge in [0.1, 0.15) is 5.76 Å². The average molecular weight is 921 g/mol. The van der Waals surface area contributed by atoms with Crippen LogP contribution in [0.4, 0.5) is 0 Å². The van der Waals surface area contributed by atoms with Crippen LogP contribution in [-0.2, 0) is 36.7 Å². The number of aliphatic hydroxyl groups excluding tert-OH is 1. The first-order chi connectivity index (χ1) is 25.1. The third kappa shape index (κ3) is 8.93. The van der Waals surface area contributed by atoms with Gasteiger partial charge in [0.15, 0.2) is 5.78 Å². The number of rotatable bonds is 11. The molecule has 1 radical (unpaired) electrons. The molecular weight excluding hydrogens is 863 g/mol. The second kappa shape index (κ2) is 17.5. The van der Waals surface area contributed by atoms with Crippen LogP contribution in [0.1, 0.15) is 113 Å². The second-order valence-electron chi connectivity index (χ2n) is 16.5. The maximum atomic E-state index is 12.2. The number of thiophene rings is 1. The third-order valence-electron chi connectivity index (χ3n) is 11.5. The molecule has 0 saturated heterocycles. The Bertz CT molecular complexity index is 2240. The number of ketones is 1. The molecule has 6 aromatic rings. The summed E-state index contributed by atoms with van der Waals surface area (Å²) in [5.74, 6) is 0.906. The Hall–Kier alpha value is -3.57. The van der Waals surface area contributed by atoms with Gasteiger partial charge in [-0.2, -0.15) is 0 Å². The van der Waals surface area contributed by atoms with Crippen LogP contribution in [0.3, 0.4) is 0 Å². The molecule has 0 aliphatic carbocycles. The predicted molar refractivity (Wildman–Crippen MR) is 227 cm³/mol. The second-order valence-corrected chi connectivity index (χ2v) is 17.5. The minimum absolute atomic E-state index is 0. The normalized spacial score (nSPS) is 12.6. The van der Waals surface area contributed by atoms with Gasteiger partial charge in [-0.3, -0.25) is 9.78 Å². The van der Waals surface area contributed by atoms with Crippen LogP contribution in [0.2, 0.25) is 0 Å². The van der Waals surface area contributed by atoms with Gasteiger partial charge in [-0.25, -0.2) is 0 Å². The number of hydrogen-bond acceptors (Lipinski definition) is 5. The molecule has 0 atom stereocenters. The predicted octanol–water partition coefficient (Wildman–Crippen LogP) is 14.5. The Morgan fingerprint density at radius 3 is 2.15 bits per heavy atom. The number of furan rings is 1. The van der Waals surface area contributed by atoms with Gasteiger partial charge in [-0.15, -0.1) is 40.5 Å². The van der Waals surface area contributed by atoms with E-state index in [1.165, 1.54) is 38.2 Å². The van der Waals surface area contributed by atoms with Gasteiger partial charge in [0.05, 0.1) is 6.26 Å². The Morgan fingerprint density at radius 1 is 0.852 bits per heavy atom. The fourth-order valence-electron chi connectivity index (χ4n) is 6.94. The fraction of sp³-hybridized carbons (Fsp3) is 0.417. The molecule has 0 spiro atoms. The van der Waals surface area contributed by atoms with Crippen LogP contribution in [0.5, 0.6) is 0 Å². The van der Waals surface area contributed by atoms with Crippen molar-refractivity contribution in [3.05, 3.63) is 101 Å². The molecule has 4 nitrogen and oxygen atoms in total. The first-order valence-corrected chi connectivity index (χ1v) is 20.3. The molecule has 6 rings (SSSR count).